The minimum Gasteiger partial charge on any atom is -0.354 e. The number of carbonyl (C=O) groups is 1. The van der Waals surface area contributed by atoms with E-state index in [9.17, 15) is 4.79 Å². The second-order valence-electron chi connectivity index (χ2n) is 3.99. The van der Waals surface area contributed by atoms with Crippen molar-refractivity contribution in [1.29, 1.82) is 0 Å². The average molecular weight is 264 g/mol. The van der Waals surface area contributed by atoms with Gasteiger partial charge >= 0.3 is 0 Å². The zero-order valence-electron chi connectivity index (χ0n) is 10.2. The molecule has 0 aliphatic rings. The molecule has 0 aromatic carbocycles. The van der Waals surface area contributed by atoms with Crippen molar-refractivity contribution in [3.8, 4) is 0 Å². The SMILES string of the molecule is Cn1ccnc1CCNC(=O)C(N)c1cccs1. The van der Waals surface area contributed by atoms with Gasteiger partial charge in [-0.2, -0.15) is 0 Å². The van der Waals surface area contributed by atoms with E-state index in [1.807, 2.05) is 35.3 Å². The van der Waals surface area contributed by atoms with Gasteiger partial charge in [0.25, 0.3) is 0 Å². The van der Waals surface area contributed by atoms with Crippen molar-refractivity contribution in [2.24, 2.45) is 12.8 Å². The van der Waals surface area contributed by atoms with Gasteiger partial charge in [-0.3, -0.25) is 4.79 Å². The van der Waals surface area contributed by atoms with Gasteiger partial charge in [0.1, 0.15) is 11.9 Å². The molecular weight excluding hydrogens is 248 g/mol. The highest BCUT2D eigenvalue weighted by molar-refractivity contribution is 7.10. The van der Waals surface area contributed by atoms with Gasteiger partial charge in [-0.1, -0.05) is 6.07 Å². The van der Waals surface area contributed by atoms with Crippen LogP contribution < -0.4 is 11.1 Å². The molecule has 0 aliphatic heterocycles. The first-order chi connectivity index (χ1) is 8.68. The Morgan fingerprint density at radius 1 is 1.67 bits per heavy atom. The van der Waals surface area contributed by atoms with Crippen LogP contribution in [0.25, 0.3) is 0 Å². The Bertz CT molecular complexity index is 506. The van der Waals surface area contributed by atoms with E-state index in [-0.39, 0.29) is 5.91 Å². The van der Waals surface area contributed by atoms with Crippen molar-refractivity contribution < 1.29 is 4.79 Å². The molecule has 3 N–H and O–H groups in total. The molecule has 0 spiro atoms. The first-order valence-electron chi connectivity index (χ1n) is 5.71. The number of amides is 1. The van der Waals surface area contributed by atoms with E-state index < -0.39 is 6.04 Å². The molecule has 5 nitrogen and oxygen atoms in total. The lowest BCUT2D eigenvalue weighted by molar-refractivity contribution is -0.122. The van der Waals surface area contributed by atoms with Crippen molar-refractivity contribution in [1.82, 2.24) is 14.9 Å². The van der Waals surface area contributed by atoms with E-state index in [1.54, 1.807) is 6.20 Å². The molecule has 2 aromatic heterocycles. The third-order valence-electron chi connectivity index (χ3n) is 2.70. The maximum Gasteiger partial charge on any atom is 0.242 e. The summed E-state index contributed by atoms with van der Waals surface area (Å²) in [5, 5.41) is 4.74. The summed E-state index contributed by atoms with van der Waals surface area (Å²) in [5.74, 6) is 0.798. The first kappa shape index (κ1) is 12.8. The number of imidazole rings is 1. The first-order valence-corrected chi connectivity index (χ1v) is 6.59. The molecule has 0 aliphatic carbocycles. The fourth-order valence-electron chi connectivity index (χ4n) is 1.64. The van der Waals surface area contributed by atoms with Gasteiger partial charge in [0.05, 0.1) is 0 Å². The van der Waals surface area contributed by atoms with Gasteiger partial charge in [-0.15, -0.1) is 11.3 Å². The van der Waals surface area contributed by atoms with E-state index in [2.05, 4.69) is 10.3 Å². The Morgan fingerprint density at radius 3 is 3.11 bits per heavy atom. The largest absolute Gasteiger partial charge is 0.354 e. The van der Waals surface area contributed by atoms with Crippen LogP contribution in [0.4, 0.5) is 0 Å². The van der Waals surface area contributed by atoms with Crippen LogP contribution in [0.15, 0.2) is 29.9 Å². The van der Waals surface area contributed by atoms with Crippen LogP contribution in [0.3, 0.4) is 0 Å². The maximum atomic E-state index is 11.8. The fraction of sp³-hybridized carbons (Fsp3) is 0.333. The van der Waals surface area contributed by atoms with E-state index in [4.69, 9.17) is 5.73 Å². The number of hydrogen-bond donors (Lipinski definition) is 2. The molecule has 0 bridgehead atoms. The summed E-state index contributed by atoms with van der Waals surface area (Å²) in [5.41, 5.74) is 5.85. The monoisotopic (exact) mass is 264 g/mol. The number of thiophene rings is 1. The third kappa shape index (κ3) is 2.96. The van der Waals surface area contributed by atoms with Gasteiger partial charge in [0.2, 0.25) is 5.91 Å². The lowest BCUT2D eigenvalue weighted by Gasteiger charge is -2.10. The highest BCUT2D eigenvalue weighted by Crippen LogP contribution is 2.16. The topological polar surface area (TPSA) is 72.9 Å². The summed E-state index contributed by atoms with van der Waals surface area (Å²) in [6, 6.07) is 3.18. The van der Waals surface area contributed by atoms with Gasteiger partial charge < -0.3 is 15.6 Å². The second-order valence-corrected chi connectivity index (χ2v) is 4.97. The third-order valence-corrected chi connectivity index (χ3v) is 3.66. The number of carbonyl (C=O) groups excluding carboxylic acids is 1. The zero-order chi connectivity index (χ0) is 13.0. The van der Waals surface area contributed by atoms with Crippen LogP contribution in [0.2, 0.25) is 0 Å². The summed E-state index contributed by atoms with van der Waals surface area (Å²) in [7, 11) is 1.93. The predicted molar refractivity (Wildman–Crippen MR) is 71.2 cm³/mol. The summed E-state index contributed by atoms with van der Waals surface area (Å²) in [6.07, 6.45) is 4.33. The molecule has 96 valence electrons. The molecule has 2 rings (SSSR count). The number of nitrogens with one attached hydrogen (secondary N) is 1. The fourth-order valence-corrected chi connectivity index (χ4v) is 2.37. The highest BCUT2D eigenvalue weighted by Gasteiger charge is 2.15. The summed E-state index contributed by atoms with van der Waals surface area (Å²) in [6.45, 7) is 0.544. The number of nitrogens with two attached hydrogens (primary N) is 1. The van der Waals surface area contributed by atoms with Crippen molar-refractivity contribution >= 4 is 17.2 Å². The minimum atomic E-state index is -0.577. The van der Waals surface area contributed by atoms with Crippen molar-refractivity contribution in [2.45, 2.75) is 12.5 Å². The molecular formula is C12H16N4OS. The summed E-state index contributed by atoms with van der Waals surface area (Å²) in [4.78, 5) is 16.9. The normalized spacial score (nSPS) is 12.3. The summed E-state index contributed by atoms with van der Waals surface area (Å²) >= 11 is 1.49. The van der Waals surface area contributed by atoms with Crippen LogP contribution in [0, 0.1) is 0 Å². The minimum absolute atomic E-state index is 0.147. The number of hydrogen-bond acceptors (Lipinski definition) is 4. The maximum absolute atomic E-state index is 11.8. The molecule has 6 heteroatoms. The lowest BCUT2D eigenvalue weighted by atomic mass is 10.2. The van der Waals surface area contributed by atoms with E-state index in [1.165, 1.54) is 11.3 Å². The van der Waals surface area contributed by atoms with Crippen LogP contribution >= 0.6 is 11.3 Å². The number of aromatic nitrogens is 2. The zero-order valence-corrected chi connectivity index (χ0v) is 11.0. The molecule has 18 heavy (non-hydrogen) atoms. The van der Waals surface area contributed by atoms with Gasteiger partial charge in [0.15, 0.2) is 0 Å². The van der Waals surface area contributed by atoms with E-state index >= 15 is 0 Å². The molecule has 2 aromatic rings. The van der Waals surface area contributed by atoms with E-state index in [0.29, 0.717) is 13.0 Å². The molecule has 1 amide bonds. The molecule has 0 saturated heterocycles. The van der Waals surface area contributed by atoms with Gasteiger partial charge in [0, 0.05) is 37.3 Å². The number of rotatable bonds is 5. The molecule has 0 radical (unpaired) electrons. The molecule has 0 fully saturated rings. The van der Waals surface area contributed by atoms with Crippen LogP contribution in [-0.2, 0) is 18.3 Å². The lowest BCUT2D eigenvalue weighted by Crippen LogP contribution is -2.35. The Balaban J connectivity index is 1.80. The predicted octanol–water partition coefficient (Wildman–Crippen LogP) is 0.840. The van der Waals surface area contributed by atoms with Crippen LogP contribution in [0.5, 0.6) is 0 Å². The van der Waals surface area contributed by atoms with Crippen molar-refractivity contribution in [3.63, 3.8) is 0 Å². The standard InChI is InChI=1S/C12H16N4OS/c1-16-7-6-14-10(16)4-5-15-12(17)11(13)9-3-2-8-18-9/h2-3,6-8,11H,4-5,13H2,1H3,(H,15,17). The quantitative estimate of drug-likeness (QED) is 0.840. The Kier molecular flexibility index (Phi) is 4.11. The Labute approximate surface area is 110 Å². The summed E-state index contributed by atoms with van der Waals surface area (Å²) < 4.78 is 1.94. The van der Waals surface area contributed by atoms with Gasteiger partial charge in [-0.25, -0.2) is 4.98 Å². The number of aryl methyl sites for hydroxylation is 1. The Morgan fingerprint density at radius 2 is 2.50 bits per heavy atom. The molecule has 1 unspecified atom stereocenters. The van der Waals surface area contributed by atoms with E-state index in [0.717, 1.165) is 10.7 Å². The Hall–Kier alpha value is -1.66. The van der Waals surface area contributed by atoms with Crippen molar-refractivity contribution in [2.75, 3.05) is 6.54 Å². The van der Waals surface area contributed by atoms with Crippen LogP contribution in [0.1, 0.15) is 16.7 Å². The molecule has 0 saturated carbocycles. The second kappa shape index (κ2) is 5.79. The number of nitrogens with zero attached hydrogens (tertiary/aromatic N) is 2. The van der Waals surface area contributed by atoms with Gasteiger partial charge in [-0.05, 0) is 11.4 Å². The smallest absolute Gasteiger partial charge is 0.242 e. The highest BCUT2D eigenvalue weighted by atomic mass is 32.1. The van der Waals surface area contributed by atoms with Crippen LogP contribution in [-0.4, -0.2) is 22.0 Å². The van der Waals surface area contributed by atoms with Crippen molar-refractivity contribution in [3.05, 3.63) is 40.6 Å². The molecule has 2 heterocycles. The average Bonchev–Trinajstić information content (AvgIpc) is 3.00. The molecule has 1 atom stereocenters.